The fourth-order valence-electron chi connectivity index (χ4n) is 2.79. The number of benzene rings is 2. The Kier molecular flexibility index (Phi) is 3.61. The Balaban J connectivity index is 1.52. The summed E-state index contributed by atoms with van der Waals surface area (Å²) in [6, 6.07) is 12.4. The minimum atomic E-state index is -0.301. The molecule has 2 amide bonds. The van der Waals surface area contributed by atoms with Crippen LogP contribution in [0.3, 0.4) is 0 Å². The van der Waals surface area contributed by atoms with Gasteiger partial charge in [0.15, 0.2) is 18.1 Å². The predicted octanol–water partition coefficient (Wildman–Crippen LogP) is 2.50. The Labute approximate surface area is 143 Å². The van der Waals surface area contributed by atoms with Gasteiger partial charge in [0.2, 0.25) is 5.91 Å². The van der Waals surface area contributed by atoms with Crippen LogP contribution in [0.4, 0.5) is 11.4 Å². The molecule has 0 aliphatic carbocycles. The van der Waals surface area contributed by atoms with E-state index in [1.54, 1.807) is 43.3 Å². The molecule has 1 N–H and O–H groups in total. The molecular formula is C18H15N3O4. The van der Waals surface area contributed by atoms with Gasteiger partial charge in [0, 0.05) is 12.6 Å². The summed E-state index contributed by atoms with van der Waals surface area (Å²) in [5.41, 5.74) is 2.52. The van der Waals surface area contributed by atoms with Crippen molar-refractivity contribution in [3.8, 4) is 5.75 Å². The molecule has 0 unspecified atom stereocenters. The summed E-state index contributed by atoms with van der Waals surface area (Å²) in [6.45, 7) is 1.60. The fourth-order valence-corrected chi connectivity index (χ4v) is 2.79. The predicted molar refractivity (Wildman–Crippen MR) is 91.7 cm³/mol. The highest BCUT2D eigenvalue weighted by Gasteiger charge is 2.26. The van der Waals surface area contributed by atoms with Gasteiger partial charge in [0.1, 0.15) is 17.8 Å². The SMILES string of the molecule is Cc1nc2cc(NC(=O)CN3C(=O)COc4ccccc43)ccc2o1. The van der Waals surface area contributed by atoms with Gasteiger partial charge in [-0.05, 0) is 30.3 Å². The quantitative estimate of drug-likeness (QED) is 0.794. The summed E-state index contributed by atoms with van der Waals surface area (Å²) in [7, 11) is 0. The first kappa shape index (κ1) is 15.2. The van der Waals surface area contributed by atoms with Crippen molar-refractivity contribution in [3.05, 3.63) is 48.4 Å². The van der Waals surface area contributed by atoms with E-state index in [0.717, 1.165) is 0 Å². The highest BCUT2D eigenvalue weighted by molar-refractivity contribution is 6.05. The van der Waals surface area contributed by atoms with E-state index in [0.29, 0.717) is 34.1 Å². The summed E-state index contributed by atoms with van der Waals surface area (Å²) in [4.78, 5) is 30.2. The number of nitrogens with zero attached hydrogens (tertiary/aromatic N) is 2. The molecule has 0 spiro atoms. The first-order chi connectivity index (χ1) is 12.1. The van der Waals surface area contributed by atoms with Gasteiger partial charge in [-0.3, -0.25) is 14.5 Å². The second-order valence-corrected chi connectivity index (χ2v) is 5.70. The average molecular weight is 337 g/mol. The molecule has 25 heavy (non-hydrogen) atoms. The van der Waals surface area contributed by atoms with Crippen molar-refractivity contribution < 1.29 is 18.7 Å². The number of aryl methyl sites for hydroxylation is 1. The molecule has 0 saturated carbocycles. The van der Waals surface area contributed by atoms with Gasteiger partial charge in [0.05, 0.1) is 5.69 Å². The monoisotopic (exact) mass is 337 g/mol. The molecule has 0 fully saturated rings. The van der Waals surface area contributed by atoms with Crippen LogP contribution in [0.5, 0.6) is 5.75 Å². The average Bonchev–Trinajstić information content (AvgIpc) is 2.97. The lowest BCUT2D eigenvalue weighted by Gasteiger charge is -2.28. The zero-order chi connectivity index (χ0) is 17.4. The van der Waals surface area contributed by atoms with Crippen LogP contribution in [-0.4, -0.2) is 29.9 Å². The number of carbonyl (C=O) groups excluding carboxylic acids is 2. The van der Waals surface area contributed by atoms with E-state index in [2.05, 4.69) is 10.3 Å². The Hall–Kier alpha value is -3.35. The van der Waals surface area contributed by atoms with Crippen molar-refractivity contribution in [3.63, 3.8) is 0 Å². The van der Waals surface area contributed by atoms with E-state index in [-0.39, 0.29) is 25.0 Å². The molecule has 4 rings (SSSR count). The number of ether oxygens (including phenoxy) is 1. The van der Waals surface area contributed by atoms with Crippen LogP contribution in [0.25, 0.3) is 11.1 Å². The molecule has 0 radical (unpaired) electrons. The number of rotatable bonds is 3. The second kappa shape index (κ2) is 5.94. The van der Waals surface area contributed by atoms with Crippen LogP contribution in [0.15, 0.2) is 46.9 Å². The number of hydrogen-bond donors (Lipinski definition) is 1. The second-order valence-electron chi connectivity index (χ2n) is 5.70. The Morgan fingerprint density at radius 3 is 3.00 bits per heavy atom. The van der Waals surface area contributed by atoms with E-state index in [9.17, 15) is 9.59 Å². The largest absolute Gasteiger partial charge is 0.482 e. The zero-order valence-electron chi connectivity index (χ0n) is 13.5. The smallest absolute Gasteiger partial charge is 0.265 e. The standard InChI is InChI=1S/C18H15N3O4/c1-11-19-13-8-12(6-7-15(13)25-11)20-17(22)9-21-14-4-2-3-5-16(14)24-10-18(21)23/h2-8H,9-10H2,1H3,(H,20,22). The summed E-state index contributed by atoms with van der Waals surface area (Å²) in [6.07, 6.45) is 0. The van der Waals surface area contributed by atoms with Gasteiger partial charge in [0.25, 0.3) is 5.91 Å². The topological polar surface area (TPSA) is 84.7 Å². The lowest BCUT2D eigenvalue weighted by molar-refractivity contribution is -0.123. The number of hydrogen-bond acceptors (Lipinski definition) is 5. The summed E-state index contributed by atoms with van der Waals surface area (Å²) in [5, 5.41) is 2.79. The maximum Gasteiger partial charge on any atom is 0.265 e. The van der Waals surface area contributed by atoms with Gasteiger partial charge < -0.3 is 14.5 Å². The molecule has 0 saturated heterocycles. The number of anilines is 2. The minimum Gasteiger partial charge on any atom is -0.482 e. The molecular weight excluding hydrogens is 322 g/mol. The molecule has 126 valence electrons. The number of nitrogens with one attached hydrogen (secondary N) is 1. The number of aromatic nitrogens is 1. The van der Waals surface area contributed by atoms with E-state index in [1.807, 2.05) is 6.07 Å². The molecule has 2 aromatic carbocycles. The maximum absolute atomic E-state index is 12.4. The normalized spacial score (nSPS) is 13.5. The fraction of sp³-hybridized carbons (Fsp3) is 0.167. The lowest BCUT2D eigenvalue weighted by Crippen LogP contribution is -2.43. The van der Waals surface area contributed by atoms with E-state index < -0.39 is 0 Å². The number of fused-ring (bicyclic) bond motifs is 2. The van der Waals surface area contributed by atoms with Crippen LogP contribution in [-0.2, 0) is 9.59 Å². The molecule has 7 nitrogen and oxygen atoms in total. The third-order valence-corrected chi connectivity index (χ3v) is 3.89. The van der Waals surface area contributed by atoms with Crippen molar-refractivity contribution in [1.82, 2.24) is 4.98 Å². The van der Waals surface area contributed by atoms with Gasteiger partial charge in [-0.2, -0.15) is 0 Å². The summed E-state index contributed by atoms with van der Waals surface area (Å²) < 4.78 is 10.8. The van der Waals surface area contributed by atoms with Crippen LogP contribution < -0.4 is 15.0 Å². The van der Waals surface area contributed by atoms with Crippen LogP contribution in [0.1, 0.15) is 5.89 Å². The van der Waals surface area contributed by atoms with Crippen LogP contribution in [0, 0.1) is 6.92 Å². The van der Waals surface area contributed by atoms with Crippen molar-refractivity contribution in [2.45, 2.75) is 6.92 Å². The molecule has 0 atom stereocenters. The summed E-state index contributed by atoms with van der Waals surface area (Å²) in [5.74, 6) is 0.601. The third kappa shape index (κ3) is 2.91. The van der Waals surface area contributed by atoms with Crippen molar-refractivity contribution in [2.24, 2.45) is 0 Å². The number of amides is 2. The van der Waals surface area contributed by atoms with Gasteiger partial charge in [-0.1, -0.05) is 12.1 Å². The Morgan fingerprint density at radius 2 is 2.12 bits per heavy atom. The number of para-hydroxylation sites is 2. The first-order valence-corrected chi connectivity index (χ1v) is 7.79. The van der Waals surface area contributed by atoms with Gasteiger partial charge in [-0.25, -0.2) is 4.98 Å². The number of oxazole rings is 1. The lowest BCUT2D eigenvalue weighted by atomic mass is 10.2. The van der Waals surface area contributed by atoms with E-state index in [1.165, 1.54) is 4.90 Å². The maximum atomic E-state index is 12.4. The molecule has 7 heteroatoms. The molecule has 1 aliphatic rings. The molecule has 1 aromatic heterocycles. The first-order valence-electron chi connectivity index (χ1n) is 7.79. The molecule has 2 heterocycles. The Bertz CT molecular complexity index is 979. The highest BCUT2D eigenvalue weighted by Crippen LogP contribution is 2.31. The minimum absolute atomic E-state index is 0.0749. The van der Waals surface area contributed by atoms with Crippen LogP contribution in [0.2, 0.25) is 0 Å². The van der Waals surface area contributed by atoms with Crippen LogP contribution >= 0.6 is 0 Å². The van der Waals surface area contributed by atoms with Crippen molar-refractivity contribution >= 4 is 34.3 Å². The Morgan fingerprint density at radius 1 is 1.28 bits per heavy atom. The third-order valence-electron chi connectivity index (χ3n) is 3.89. The van der Waals surface area contributed by atoms with Crippen molar-refractivity contribution in [2.75, 3.05) is 23.4 Å². The highest BCUT2D eigenvalue weighted by atomic mass is 16.5. The van der Waals surface area contributed by atoms with Gasteiger partial charge >= 0.3 is 0 Å². The molecule has 0 bridgehead atoms. The zero-order valence-corrected chi connectivity index (χ0v) is 13.5. The molecule has 3 aromatic rings. The van der Waals surface area contributed by atoms with E-state index in [4.69, 9.17) is 9.15 Å². The molecule has 1 aliphatic heterocycles. The van der Waals surface area contributed by atoms with E-state index >= 15 is 0 Å². The van der Waals surface area contributed by atoms with Crippen molar-refractivity contribution in [1.29, 1.82) is 0 Å². The number of carbonyl (C=O) groups is 2. The van der Waals surface area contributed by atoms with Gasteiger partial charge in [-0.15, -0.1) is 0 Å². The summed E-state index contributed by atoms with van der Waals surface area (Å²) >= 11 is 0.